The number of hydrogen-bond acceptors (Lipinski definition) is 1. The molecule has 2 fully saturated rings. The van der Waals surface area contributed by atoms with E-state index in [1.165, 1.54) is 38.6 Å². The Balaban J connectivity index is 1.98. The first-order chi connectivity index (χ1) is 4.91. The Hall–Kier alpha value is -0.0800. The Morgan fingerprint density at radius 3 is 2.50 bits per heavy atom. The average molecular weight is 142 g/mol. The van der Waals surface area contributed by atoms with E-state index in [4.69, 9.17) is 4.74 Å². The Bertz CT molecular complexity index is 110. The first kappa shape index (κ1) is 6.62. The molecule has 10 heavy (non-hydrogen) atoms. The molecule has 1 spiro atoms. The van der Waals surface area contributed by atoms with Gasteiger partial charge in [-0.05, 0) is 12.8 Å². The number of rotatable bonds is 0. The first-order valence-corrected chi connectivity index (χ1v) is 4.40. The van der Waals surface area contributed by atoms with Crippen molar-refractivity contribution in [1.82, 2.24) is 0 Å². The van der Waals surface area contributed by atoms with Crippen molar-refractivity contribution in [1.29, 1.82) is 0 Å². The number of ether oxygens (including phenoxy) is 1. The second-order valence-electron chi connectivity index (χ2n) is 3.47. The van der Waals surface area contributed by atoms with Crippen LogP contribution in [0.3, 0.4) is 0 Å². The maximum absolute atomic E-state index is 5.73. The molecule has 0 bridgehead atoms. The molecule has 0 aromatic rings. The fourth-order valence-corrected chi connectivity index (χ4v) is 2.14. The molecule has 1 saturated carbocycles. The summed E-state index contributed by atoms with van der Waals surface area (Å²) >= 11 is 0. The predicted octanol–water partition coefficient (Wildman–Crippen LogP) is 0.240. The quantitative estimate of drug-likeness (QED) is 0.515. The van der Waals surface area contributed by atoms with E-state index in [2.05, 4.69) is 5.32 Å². The van der Waals surface area contributed by atoms with Crippen molar-refractivity contribution in [3.8, 4) is 0 Å². The third kappa shape index (κ3) is 1.06. The van der Waals surface area contributed by atoms with Gasteiger partial charge in [0.05, 0.1) is 0 Å². The van der Waals surface area contributed by atoms with Crippen molar-refractivity contribution < 1.29 is 10.1 Å². The molecular formula is C8H16NO+. The summed E-state index contributed by atoms with van der Waals surface area (Å²) in [6, 6.07) is 0. The van der Waals surface area contributed by atoms with Gasteiger partial charge in [-0.15, -0.1) is 0 Å². The van der Waals surface area contributed by atoms with Gasteiger partial charge < -0.3 is 10.1 Å². The van der Waals surface area contributed by atoms with Crippen molar-refractivity contribution in [2.24, 2.45) is 0 Å². The summed E-state index contributed by atoms with van der Waals surface area (Å²) in [5.74, 6) is 0. The van der Waals surface area contributed by atoms with Crippen LogP contribution in [0, 0.1) is 0 Å². The van der Waals surface area contributed by atoms with E-state index >= 15 is 0 Å². The third-order valence-corrected chi connectivity index (χ3v) is 2.72. The fraction of sp³-hybridized carbons (Fsp3) is 1.00. The van der Waals surface area contributed by atoms with Gasteiger partial charge in [-0.1, -0.05) is 6.42 Å². The van der Waals surface area contributed by atoms with E-state index < -0.39 is 0 Å². The molecule has 1 aliphatic carbocycles. The largest absolute Gasteiger partial charge is 0.321 e. The lowest BCUT2D eigenvalue weighted by Crippen LogP contribution is -2.94. The molecule has 2 heteroatoms. The van der Waals surface area contributed by atoms with Gasteiger partial charge in [0.15, 0.2) is 5.72 Å². The molecule has 1 aliphatic heterocycles. The normalized spacial score (nSPS) is 31.2. The van der Waals surface area contributed by atoms with Gasteiger partial charge in [0.1, 0.15) is 13.2 Å². The Labute approximate surface area is 61.9 Å². The van der Waals surface area contributed by atoms with Crippen LogP contribution >= 0.6 is 0 Å². The Morgan fingerprint density at radius 1 is 1.10 bits per heavy atom. The molecule has 0 atom stereocenters. The zero-order valence-corrected chi connectivity index (χ0v) is 6.44. The standard InChI is InChI=1S/C8H15NO/c1-2-4-8(5-3-1)9-6-7-10-8/h9H,1-7H2/p+1. The van der Waals surface area contributed by atoms with Crippen LogP contribution in [0.25, 0.3) is 0 Å². The van der Waals surface area contributed by atoms with E-state index in [1.807, 2.05) is 0 Å². The first-order valence-electron chi connectivity index (χ1n) is 4.40. The summed E-state index contributed by atoms with van der Waals surface area (Å²) in [7, 11) is 0. The summed E-state index contributed by atoms with van der Waals surface area (Å²) < 4.78 is 5.73. The van der Waals surface area contributed by atoms with Crippen molar-refractivity contribution in [3.63, 3.8) is 0 Å². The maximum atomic E-state index is 5.73. The predicted molar refractivity (Wildman–Crippen MR) is 38.6 cm³/mol. The van der Waals surface area contributed by atoms with Crippen LogP contribution in [0.15, 0.2) is 0 Å². The van der Waals surface area contributed by atoms with Crippen LogP contribution in [0.5, 0.6) is 0 Å². The molecule has 2 aliphatic rings. The molecule has 2 nitrogen and oxygen atoms in total. The minimum absolute atomic E-state index is 0.248. The maximum Gasteiger partial charge on any atom is 0.200 e. The highest BCUT2D eigenvalue weighted by Gasteiger charge is 2.39. The second-order valence-corrected chi connectivity index (χ2v) is 3.47. The van der Waals surface area contributed by atoms with Crippen LogP contribution < -0.4 is 5.32 Å². The summed E-state index contributed by atoms with van der Waals surface area (Å²) in [6.45, 7) is 2.15. The summed E-state index contributed by atoms with van der Waals surface area (Å²) in [4.78, 5) is 0. The molecule has 0 aromatic heterocycles. The van der Waals surface area contributed by atoms with Crippen LogP contribution in [-0.4, -0.2) is 18.9 Å². The fourth-order valence-electron chi connectivity index (χ4n) is 2.14. The molecule has 1 heterocycles. The summed E-state index contributed by atoms with van der Waals surface area (Å²) in [5.41, 5.74) is 0.248. The van der Waals surface area contributed by atoms with Crippen molar-refractivity contribution in [2.75, 3.05) is 13.2 Å². The number of hydrogen-bond donors (Lipinski definition) is 1. The lowest BCUT2D eigenvalue weighted by Gasteiger charge is -2.28. The van der Waals surface area contributed by atoms with Crippen molar-refractivity contribution in [3.05, 3.63) is 0 Å². The smallest absolute Gasteiger partial charge is 0.200 e. The summed E-state index contributed by atoms with van der Waals surface area (Å²) in [5, 5.41) is 2.40. The van der Waals surface area contributed by atoms with Gasteiger partial charge in [-0.25, -0.2) is 0 Å². The molecule has 0 radical (unpaired) electrons. The van der Waals surface area contributed by atoms with Crippen molar-refractivity contribution in [2.45, 2.75) is 37.8 Å². The molecule has 2 rings (SSSR count). The lowest BCUT2D eigenvalue weighted by atomic mass is 9.92. The molecule has 1 saturated heterocycles. The molecule has 0 amide bonds. The molecule has 2 N–H and O–H groups in total. The number of nitrogens with two attached hydrogens (primary N) is 1. The minimum Gasteiger partial charge on any atom is -0.321 e. The van der Waals surface area contributed by atoms with E-state index in [1.54, 1.807) is 0 Å². The SMILES string of the molecule is C1CCC2(CC1)[NH2+]CCO2. The van der Waals surface area contributed by atoms with Gasteiger partial charge in [0, 0.05) is 12.8 Å². The average Bonchev–Trinajstić information content (AvgIpc) is 2.39. The van der Waals surface area contributed by atoms with Crippen LogP contribution in [-0.2, 0) is 4.74 Å². The zero-order chi connectivity index (χ0) is 6.86. The Morgan fingerprint density at radius 2 is 1.90 bits per heavy atom. The van der Waals surface area contributed by atoms with E-state index in [9.17, 15) is 0 Å². The minimum atomic E-state index is 0.248. The molecule has 58 valence electrons. The van der Waals surface area contributed by atoms with Crippen molar-refractivity contribution >= 4 is 0 Å². The van der Waals surface area contributed by atoms with E-state index in [0.29, 0.717) is 0 Å². The van der Waals surface area contributed by atoms with Crippen LogP contribution in [0.2, 0.25) is 0 Å². The highest BCUT2D eigenvalue weighted by Crippen LogP contribution is 2.26. The van der Waals surface area contributed by atoms with Gasteiger partial charge in [0.2, 0.25) is 0 Å². The van der Waals surface area contributed by atoms with Gasteiger partial charge in [0.25, 0.3) is 0 Å². The highest BCUT2D eigenvalue weighted by molar-refractivity contribution is 4.74. The number of quaternary nitrogens is 1. The molecule has 0 aromatic carbocycles. The Kier molecular flexibility index (Phi) is 1.66. The van der Waals surface area contributed by atoms with Gasteiger partial charge in [-0.2, -0.15) is 0 Å². The van der Waals surface area contributed by atoms with Crippen LogP contribution in [0.4, 0.5) is 0 Å². The highest BCUT2D eigenvalue weighted by atomic mass is 16.5. The third-order valence-electron chi connectivity index (χ3n) is 2.72. The monoisotopic (exact) mass is 142 g/mol. The molecular weight excluding hydrogens is 126 g/mol. The molecule has 0 unspecified atom stereocenters. The zero-order valence-electron chi connectivity index (χ0n) is 6.44. The van der Waals surface area contributed by atoms with Crippen LogP contribution in [0.1, 0.15) is 32.1 Å². The van der Waals surface area contributed by atoms with E-state index in [-0.39, 0.29) is 5.72 Å². The topological polar surface area (TPSA) is 25.8 Å². The van der Waals surface area contributed by atoms with E-state index in [0.717, 1.165) is 6.61 Å². The lowest BCUT2D eigenvalue weighted by molar-refractivity contribution is -0.737. The van der Waals surface area contributed by atoms with Gasteiger partial charge in [-0.3, -0.25) is 0 Å². The van der Waals surface area contributed by atoms with Gasteiger partial charge >= 0.3 is 0 Å². The second kappa shape index (κ2) is 2.51. The summed E-state index contributed by atoms with van der Waals surface area (Å²) in [6.07, 6.45) is 6.73.